The van der Waals surface area contributed by atoms with Crippen LogP contribution in [0.25, 0.3) is 0 Å². The highest BCUT2D eigenvalue weighted by Crippen LogP contribution is 2.53. The van der Waals surface area contributed by atoms with E-state index in [9.17, 15) is 4.79 Å². The highest BCUT2D eigenvalue weighted by atomic mass is 16.1. The van der Waals surface area contributed by atoms with Crippen molar-refractivity contribution in [2.24, 2.45) is 23.5 Å². The molecule has 0 bridgehead atoms. The lowest BCUT2D eigenvalue weighted by Gasteiger charge is -1.88. The molecule has 0 heterocycles. The molecule has 50 valence electrons. The first kappa shape index (κ1) is 5.27. The molecule has 2 heteroatoms. The van der Waals surface area contributed by atoms with Crippen LogP contribution >= 0.6 is 0 Å². The van der Waals surface area contributed by atoms with E-state index in [4.69, 9.17) is 5.73 Å². The van der Waals surface area contributed by atoms with E-state index in [-0.39, 0.29) is 11.8 Å². The van der Waals surface area contributed by atoms with Crippen LogP contribution in [0.1, 0.15) is 19.3 Å². The predicted octanol–water partition coefficient (Wildman–Crippen LogP) is 0.518. The Bertz CT molecular complexity index is 151. The number of primary amides is 1. The molecule has 2 aliphatic rings. The zero-order valence-electron chi connectivity index (χ0n) is 5.34. The quantitative estimate of drug-likeness (QED) is 0.574. The van der Waals surface area contributed by atoms with Crippen molar-refractivity contribution >= 4 is 5.91 Å². The minimum atomic E-state index is -0.0769. The van der Waals surface area contributed by atoms with Crippen LogP contribution in [0.4, 0.5) is 0 Å². The summed E-state index contributed by atoms with van der Waals surface area (Å²) in [5, 5.41) is 0. The zero-order chi connectivity index (χ0) is 6.43. The Morgan fingerprint density at radius 2 is 2.11 bits per heavy atom. The van der Waals surface area contributed by atoms with E-state index in [0.717, 1.165) is 12.3 Å². The van der Waals surface area contributed by atoms with Crippen LogP contribution in [-0.4, -0.2) is 5.91 Å². The molecule has 0 saturated heterocycles. The van der Waals surface area contributed by atoms with E-state index in [2.05, 4.69) is 0 Å². The highest BCUT2D eigenvalue weighted by Gasteiger charge is 2.50. The van der Waals surface area contributed by atoms with Gasteiger partial charge in [-0.2, -0.15) is 0 Å². The molecule has 0 aromatic carbocycles. The first-order chi connectivity index (χ1) is 4.29. The summed E-state index contributed by atoms with van der Waals surface area (Å²) in [7, 11) is 0. The number of carbonyl (C=O) groups excluding carboxylic acids is 1. The third-order valence-electron chi connectivity index (χ3n) is 2.43. The number of hydrogen-bond acceptors (Lipinski definition) is 1. The minimum Gasteiger partial charge on any atom is -0.369 e. The Balaban J connectivity index is 1.87. The van der Waals surface area contributed by atoms with Gasteiger partial charge < -0.3 is 5.73 Å². The van der Waals surface area contributed by atoms with Gasteiger partial charge in [0.2, 0.25) is 5.91 Å². The second-order valence-corrected chi connectivity index (χ2v) is 3.25. The molecule has 0 aliphatic heterocycles. The van der Waals surface area contributed by atoms with E-state index in [1.165, 1.54) is 12.8 Å². The van der Waals surface area contributed by atoms with Crippen molar-refractivity contribution in [2.45, 2.75) is 19.3 Å². The maximum Gasteiger partial charge on any atom is 0.220 e. The summed E-state index contributed by atoms with van der Waals surface area (Å²) in [5.74, 6) is 1.76. The van der Waals surface area contributed by atoms with Gasteiger partial charge in [-0.15, -0.1) is 0 Å². The van der Waals surface area contributed by atoms with E-state index < -0.39 is 0 Å². The molecule has 2 aliphatic carbocycles. The zero-order valence-corrected chi connectivity index (χ0v) is 5.34. The van der Waals surface area contributed by atoms with Gasteiger partial charge in [-0.3, -0.25) is 4.79 Å². The van der Waals surface area contributed by atoms with Crippen molar-refractivity contribution < 1.29 is 4.79 Å². The van der Waals surface area contributed by atoms with Crippen LogP contribution in [-0.2, 0) is 4.79 Å². The second kappa shape index (κ2) is 1.49. The first-order valence-corrected chi connectivity index (χ1v) is 3.58. The largest absolute Gasteiger partial charge is 0.369 e. The third-order valence-corrected chi connectivity index (χ3v) is 2.43. The molecule has 0 spiro atoms. The summed E-state index contributed by atoms with van der Waals surface area (Å²) in [5.41, 5.74) is 5.11. The lowest BCUT2D eigenvalue weighted by Crippen LogP contribution is -2.14. The predicted molar refractivity (Wildman–Crippen MR) is 33.5 cm³/mol. The van der Waals surface area contributed by atoms with Gasteiger partial charge in [0.05, 0.1) is 0 Å². The third kappa shape index (κ3) is 0.824. The Hall–Kier alpha value is -0.530. The van der Waals surface area contributed by atoms with Crippen molar-refractivity contribution in [3.8, 4) is 0 Å². The number of hydrogen-bond donors (Lipinski definition) is 1. The molecule has 2 nitrogen and oxygen atoms in total. The Morgan fingerprint density at radius 3 is 2.44 bits per heavy atom. The van der Waals surface area contributed by atoms with E-state index in [1.54, 1.807) is 0 Å². The van der Waals surface area contributed by atoms with Gasteiger partial charge in [-0.25, -0.2) is 0 Å². The van der Waals surface area contributed by atoms with Crippen LogP contribution in [0.15, 0.2) is 0 Å². The van der Waals surface area contributed by atoms with Crippen LogP contribution < -0.4 is 5.73 Å². The van der Waals surface area contributed by atoms with Gasteiger partial charge in [-0.1, -0.05) is 0 Å². The number of nitrogens with two attached hydrogens (primary N) is 1. The van der Waals surface area contributed by atoms with E-state index >= 15 is 0 Å². The summed E-state index contributed by atoms with van der Waals surface area (Å²) in [6.07, 6.45) is 3.77. The molecule has 2 unspecified atom stereocenters. The molecule has 1 amide bonds. The summed E-state index contributed by atoms with van der Waals surface area (Å²) in [6, 6.07) is 0. The van der Waals surface area contributed by atoms with Gasteiger partial charge in [0.15, 0.2) is 0 Å². The van der Waals surface area contributed by atoms with Gasteiger partial charge in [-0.05, 0) is 31.1 Å². The van der Waals surface area contributed by atoms with Gasteiger partial charge in [0.25, 0.3) is 0 Å². The summed E-state index contributed by atoms with van der Waals surface area (Å²) in [6.45, 7) is 0. The van der Waals surface area contributed by atoms with Crippen LogP contribution in [0.2, 0.25) is 0 Å². The maximum absolute atomic E-state index is 10.5. The highest BCUT2D eigenvalue weighted by molar-refractivity contribution is 5.79. The lowest BCUT2D eigenvalue weighted by molar-refractivity contribution is -0.119. The second-order valence-electron chi connectivity index (χ2n) is 3.25. The lowest BCUT2D eigenvalue weighted by atomic mass is 10.2. The van der Waals surface area contributed by atoms with Gasteiger partial charge in [0, 0.05) is 5.92 Å². The maximum atomic E-state index is 10.5. The molecular formula is C7H11NO. The first-order valence-electron chi connectivity index (χ1n) is 3.58. The number of carbonyl (C=O) groups is 1. The standard InChI is InChI=1S/C7H11NO/c8-7(9)6-3-5(6)4-1-2-4/h4-6H,1-3H2,(H2,8,9). The van der Waals surface area contributed by atoms with Crippen LogP contribution in [0.5, 0.6) is 0 Å². The number of amides is 1. The molecule has 2 fully saturated rings. The van der Waals surface area contributed by atoms with Gasteiger partial charge >= 0.3 is 0 Å². The molecular weight excluding hydrogens is 114 g/mol. The molecule has 2 atom stereocenters. The van der Waals surface area contributed by atoms with Gasteiger partial charge in [0.1, 0.15) is 0 Å². The smallest absolute Gasteiger partial charge is 0.220 e. The topological polar surface area (TPSA) is 43.1 Å². The van der Waals surface area contributed by atoms with Crippen molar-refractivity contribution in [2.75, 3.05) is 0 Å². The van der Waals surface area contributed by atoms with Crippen molar-refractivity contribution in [1.82, 2.24) is 0 Å². The fraction of sp³-hybridized carbons (Fsp3) is 0.857. The molecule has 0 aromatic heterocycles. The molecule has 0 aromatic rings. The number of rotatable bonds is 2. The van der Waals surface area contributed by atoms with Crippen molar-refractivity contribution in [3.63, 3.8) is 0 Å². The molecule has 2 rings (SSSR count). The van der Waals surface area contributed by atoms with Crippen molar-refractivity contribution in [3.05, 3.63) is 0 Å². The van der Waals surface area contributed by atoms with E-state index in [0.29, 0.717) is 5.92 Å². The summed E-state index contributed by atoms with van der Waals surface area (Å²) in [4.78, 5) is 10.5. The average molecular weight is 125 g/mol. The fourth-order valence-corrected chi connectivity index (χ4v) is 1.59. The average Bonchev–Trinajstić information content (AvgIpc) is 2.60. The molecule has 9 heavy (non-hydrogen) atoms. The molecule has 2 saturated carbocycles. The molecule has 0 radical (unpaired) electrons. The normalized spacial score (nSPS) is 40.4. The van der Waals surface area contributed by atoms with Crippen molar-refractivity contribution in [1.29, 1.82) is 0 Å². The Morgan fingerprint density at radius 1 is 1.44 bits per heavy atom. The Labute approximate surface area is 54.4 Å². The van der Waals surface area contributed by atoms with E-state index in [1.807, 2.05) is 0 Å². The monoisotopic (exact) mass is 125 g/mol. The SMILES string of the molecule is NC(=O)C1CC1C1CC1. The Kier molecular flexibility index (Phi) is 0.875. The summed E-state index contributed by atoms with van der Waals surface area (Å²) >= 11 is 0. The minimum absolute atomic E-state index is 0.0769. The molecule has 2 N–H and O–H groups in total. The van der Waals surface area contributed by atoms with Crippen LogP contribution in [0, 0.1) is 17.8 Å². The summed E-state index contributed by atoms with van der Waals surface area (Å²) < 4.78 is 0. The van der Waals surface area contributed by atoms with Crippen LogP contribution in [0.3, 0.4) is 0 Å². The fourth-order valence-electron chi connectivity index (χ4n) is 1.59.